The molecule has 184 valence electrons. The van der Waals surface area contributed by atoms with E-state index in [4.69, 9.17) is 14.7 Å². The van der Waals surface area contributed by atoms with Crippen molar-refractivity contribution in [1.29, 1.82) is 0 Å². The predicted octanol–water partition coefficient (Wildman–Crippen LogP) is 5.95. The SMILES string of the molecule is Cc1cnc2c([C@@H]3CC4(C(F)(F)F)CC3C4)nc([C@@H]3CCO[C@H](c4cnn(C5CC5)c4)C3)cc2n1. The molecular formula is C26H28F3N5O. The van der Waals surface area contributed by atoms with Gasteiger partial charge in [0.1, 0.15) is 5.52 Å². The first-order chi connectivity index (χ1) is 16.8. The molecule has 4 aliphatic carbocycles. The van der Waals surface area contributed by atoms with Gasteiger partial charge in [0.05, 0.1) is 40.7 Å². The van der Waals surface area contributed by atoms with Gasteiger partial charge in [0, 0.05) is 42.1 Å². The van der Waals surface area contributed by atoms with E-state index in [0.29, 0.717) is 23.9 Å². The number of pyridine rings is 1. The van der Waals surface area contributed by atoms with Gasteiger partial charge in [-0.15, -0.1) is 0 Å². The van der Waals surface area contributed by atoms with Gasteiger partial charge in [-0.2, -0.15) is 18.3 Å². The molecule has 4 saturated carbocycles. The molecule has 0 N–H and O–H groups in total. The van der Waals surface area contributed by atoms with Gasteiger partial charge in [0.15, 0.2) is 0 Å². The molecule has 5 aliphatic rings. The smallest absolute Gasteiger partial charge is 0.373 e. The predicted molar refractivity (Wildman–Crippen MR) is 122 cm³/mol. The molecule has 3 aromatic heterocycles. The number of aryl methyl sites for hydroxylation is 1. The number of rotatable bonds is 4. The van der Waals surface area contributed by atoms with Crippen LogP contribution in [0.15, 0.2) is 24.7 Å². The molecular weight excluding hydrogens is 455 g/mol. The van der Waals surface area contributed by atoms with Gasteiger partial charge in [-0.1, -0.05) is 0 Å². The number of hydrogen-bond donors (Lipinski definition) is 0. The Balaban J connectivity index is 1.23. The second-order valence-corrected chi connectivity index (χ2v) is 11.1. The fourth-order valence-electron chi connectivity index (χ4n) is 6.63. The second kappa shape index (κ2) is 7.48. The minimum atomic E-state index is -4.16. The zero-order chi connectivity index (χ0) is 23.9. The van der Waals surface area contributed by atoms with Crippen LogP contribution in [0.3, 0.4) is 0 Å². The van der Waals surface area contributed by atoms with E-state index in [9.17, 15) is 13.2 Å². The summed E-state index contributed by atoms with van der Waals surface area (Å²) in [6.45, 7) is 2.50. The summed E-state index contributed by atoms with van der Waals surface area (Å²) in [5.41, 5.74) is 3.34. The Morgan fingerprint density at radius 2 is 1.91 bits per heavy atom. The van der Waals surface area contributed by atoms with Gasteiger partial charge in [-0.3, -0.25) is 14.6 Å². The summed E-state index contributed by atoms with van der Waals surface area (Å²) in [5, 5.41) is 4.52. The number of alkyl halides is 3. The zero-order valence-corrected chi connectivity index (χ0v) is 19.6. The highest BCUT2D eigenvalue weighted by Gasteiger charge is 2.69. The highest BCUT2D eigenvalue weighted by atomic mass is 19.4. The fraction of sp³-hybridized carbons (Fsp3) is 0.615. The molecule has 35 heavy (non-hydrogen) atoms. The molecule has 3 atom stereocenters. The van der Waals surface area contributed by atoms with Crippen LogP contribution in [0, 0.1) is 18.3 Å². The van der Waals surface area contributed by atoms with E-state index >= 15 is 0 Å². The largest absolute Gasteiger partial charge is 0.394 e. The first-order valence-corrected chi connectivity index (χ1v) is 12.7. The van der Waals surface area contributed by atoms with E-state index in [1.807, 2.05) is 23.9 Å². The Bertz CT molecular complexity index is 1290. The van der Waals surface area contributed by atoms with Gasteiger partial charge in [0.25, 0.3) is 0 Å². The van der Waals surface area contributed by atoms with Crippen molar-refractivity contribution in [3.8, 4) is 0 Å². The number of fused-ring (bicyclic) bond motifs is 2. The Kier molecular flexibility index (Phi) is 4.64. The van der Waals surface area contributed by atoms with Crippen LogP contribution < -0.4 is 0 Å². The summed E-state index contributed by atoms with van der Waals surface area (Å²) in [6, 6.07) is 2.52. The Hall–Kier alpha value is -2.55. The number of ether oxygens (including phenoxy) is 1. The van der Waals surface area contributed by atoms with Crippen LogP contribution in [0.4, 0.5) is 13.2 Å². The van der Waals surface area contributed by atoms with E-state index < -0.39 is 11.6 Å². The average Bonchev–Trinajstić information content (AvgIpc) is 3.25. The Morgan fingerprint density at radius 1 is 1.09 bits per heavy atom. The third kappa shape index (κ3) is 3.49. The van der Waals surface area contributed by atoms with Crippen molar-refractivity contribution in [2.45, 2.75) is 82.0 Å². The molecule has 6 nitrogen and oxygen atoms in total. The molecule has 2 bridgehead atoms. The molecule has 0 amide bonds. The van der Waals surface area contributed by atoms with E-state index in [1.54, 1.807) is 6.20 Å². The number of hydrogen-bond acceptors (Lipinski definition) is 5. The number of nitrogens with zero attached hydrogens (tertiary/aromatic N) is 5. The van der Waals surface area contributed by atoms with Crippen LogP contribution in [0.5, 0.6) is 0 Å². The van der Waals surface area contributed by atoms with E-state index in [1.165, 1.54) is 12.8 Å². The molecule has 9 heteroatoms. The first-order valence-electron chi connectivity index (χ1n) is 12.7. The molecule has 0 aromatic carbocycles. The van der Waals surface area contributed by atoms with Crippen molar-refractivity contribution in [1.82, 2.24) is 24.7 Å². The molecule has 0 spiro atoms. The molecule has 8 rings (SSSR count). The monoisotopic (exact) mass is 483 g/mol. The van der Waals surface area contributed by atoms with Crippen LogP contribution in [0.25, 0.3) is 11.0 Å². The third-order valence-corrected chi connectivity index (χ3v) is 8.75. The zero-order valence-electron chi connectivity index (χ0n) is 19.6. The van der Waals surface area contributed by atoms with Crippen molar-refractivity contribution in [2.24, 2.45) is 11.3 Å². The minimum absolute atomic E-state index is 0.0152. The van der Waals surface area contributed by atoms with Crippen molar-refractivity contribution in [2.75, 3.05) is 6.61 Å². The quantitative estimate of drug-likeness (QED) is 0.459. The van der Waals surface area contributed by atoms with Crippen LogP contribution in [-0.2, 0) is 4.74 Å². The van der Waals surface area contributed by atoms with Gasteiger partial charge in [0.2, 0.25) is 0 Å². The molecule has 0 unspecified atom stereocenters. The third-order valence-electron chi connectivity index (χ3n) is 8.75. The van der Waals surface area contributed by atoms with Crippen molar-refractivity contribution < 1.29 is 17.9 Å². The van der Waals surface area contributed by atoms with E-state index in [0.717, 1.165) is 35.3 Å². The average molecular weight is 484 g/mol. The van der Waals surface area contributed by atoms with Gasteiger partial charge >= 0.3 is 6.18 Å². The molecule has 0 radical (unpaired) electrons. The van der Waals surface area contributed by atoms with E-state index in [2.05, 4.69) is 16.3 Å². The molecule has 5 fully saturated rings. The first kappa shape index (κ1) is 21.7. The molecule has 4 heterocycles. The molecule has 1 aliphatic heterocycles. The maximum atomic E-state index is 13.8. The number of aromatic nitrogens is 5. The fourth-order valence-corrected chi connectivity index (χ4v) is 6.63. The summed E-state index contributed by atoms with van der Waals surface area (Å²) in [5.74, 6) is -0.0543. The lowest BCUT2D eigenvalue weighted by molar-refractivity contribution is -0.244. The molecule has 3 aromatic rings. The summed E-state index contributed by atoms with van der Waals surface area (Å²) in [7, 11) is 0. The Morgan fingerprint density at radius 3 is 2.66 bits per heavy atom. The summed E-state index contributed by atoms with van der Waals surface area (Å²) >= 11 is 0. The highest BCUT2D eigenvalue weighted by Crippen LogP contribution is 2.70. The van der Waals surface area contributed by atoms with Crippen LogP contribution in [-0.4, -0.2) is 37.5 Å². The lowest BCUT2D eigenvalue weighted by atomic mass is 9.68. The summed E-state index contributed by atoms with van der Waals surface area (Å²) < 4.78 is 49.5. The topological polar surface area (TPSA) is 65.7 Å². The minimum Gasteiger partial charge on any atom is -0.373 e. The van der Waals surface area contributed by atoms with Crippen molar-refractivity contribution in [3.05, 3.63) is 47.3 Å². The summed E-state index contributed by atoms with van der Waals surface area (Å²) in [4.78, 5) is 14.4. The van der Waals surface area contributed by atoms with Gasteiger partial charge in [-0.25, -0.2) is 4.98 Å². The number of halogens is 3. The van der Waals surface area contributed by atoms with E-state index in [-0.39, 0.29) is 43.1 Å². The normalized spacial score (nSPS) is 32.7. The van der Waals surface area contributed by atoms with Crippen LogP contribution in [0.2, 0.25) is 0 Å². The van der Waals surface area contributed by atoms with Crippen LogP contribution >= 0.6 is 0 Å². The molecule has 1 saturated heterocycles. The van der Waals surface area contributed by atoms with Crippen molar-refractivity contribution >= 4 is 11.0 Å². The maximum absolute atomic E-state index is 13.8. The standard InChI is InChI=1S/C26H28F3N5O/c1-14-11-30-24-21(32-14)7-20(33-23(24)19-10-25(26(27,28)29)8-16(19)9-25)15-4-5-35-22(6-15)17-12-31-34(13-17)18-2-3-18/h7,11-13,15-16,18-19,22H,2-6,8-10H2,1H3/t15-,16?,19-,22+,25?/m1/s1. The summed E-state index contributed by atoms with van der Waals surface area (Å²) in [6.07, 6.45) is 5.95. The van der Waals surface area contributed by atoms with Gasteiger partial charge in [-0.05, 0) is 63.9 Å². The maximum Gasteiger partial charge on any atom is 0.394 e. The lowest BCUT2D eigenvalue weighted by Crippen LogP contribution is -2.42. The Labute approximate surface area is 201 Å². The lowest BCUT2D eigenvalue weighted by Gasteiger charge is -2.39. The highest BCUT2D eigenvalue weighted by molar-refractivity contribution is 5.78. The van der Waals surface area contributed by atoms with Crippen molar-refractivity contribution in [3.63, 3.8) is 0 Å². The second-order valence-electron chi connectivity index (χ2n) is 11.1. The van der Waals surface area contributed by atoms with Gasteiger partial charge < -0.3 is 4.74 Å². The van der Waals surface area contributed by atoms with Crippen LogP contribution in [0.1, 0.15) is 91.6 Å².